The molecule has 0 amide bonds. The second-order valence-electron chi connectivity index (χ2n) is 6.63. The van der Waals surface area contributed by atoms with E-state index in [9.17, 15) is 4.79 Å². The number of hydrogen-bond acceptors (Lipinski definition) is 3. The molecule has 1 atom stereocenters. The van der Waals surface area contributed by atoms with E-state index in [4.69, 9.17) is 4.98 Å². The topological polar surface area (TPSA) is 45.8 Å². The molecular formula is C23H20N2OS. The molecule has 0 spiro atoms. The zero-order chi connectivity index (χ0) is 18.8. The van der Waals surface area contributed by atoms with Gasteiger partial charge in [0.15, 0.2) is 10.9 Å². The molecule has 0 radical (unpaired) electrons. The number of Topliss-reactive ketones (excluding diaryl/α,β-unsaturated/α-hetero) is 1. The molecule has 0 aliphatic rings. The molecule has 1 N–H and O–H groups in total. The first-order valence-electron chi connectivity index (χ1n) is 8.89. The minimum Gasteiger partial charge on any atom is -0.333 e. The number of nitrogens with zero attached hydrogens (tertiary/aromatic N) is 1. The molecule has 0 saturated carbocycles. The van der Waals surface area contributed by atoms with Crippen molar-refractivity contribution in [3.05, 3.63) is 95.1 Å². The van der Waals surface area contributed by atoms with Gasteiger partial charge in [0.1, 0.15) is 5.25 Å². The van der Waals surface area contributed by atoms with Crippen LogP contribution in [0.1, 0.15) is 32.3 Å². The van der Waals surface area contributed by atoms with Crippen LogP contribution in [-0.4, -0.2) is 15.8 Å². The molecule has 0 saturated heterocycles. The largest absolute Gasteiger partial charge is 0.333 e. The fourth-order valence-corrected chi connectivity index (χ4v) is 4.15. The second-order valence-corrected chi connectivity index (χ2v) is 7.73. The molecule has 4 heteroatoms. The Bertz CT molecular complexity index is 1050. The van der Waals surface area contributed by atoms with Crippen molar-refractivity contribution in [2.75, 3.05) is 0 Å². The number of carbonyl (C=O) groups is 1. The number of benzene rings is 3. The van der Waals surface area contributed by atoms with Crippen molar-refractivity contribution in [3.63, 3.8) is 0 Å². The van der Waals surface area contributed by atoms with Crippen LogP contribution < -0.4 is 0 Å². The lowest BCUT2D eigenvalue weighted by atomic mass is 10.0. The number of carbonyl (C=O) groups excluding carboxylic acids is 1. The minimum atomic E-state index is -0.351. The van der Waals surface area contributed by atoms with Crippen molar-refractivity contribution in [2.24, 2.45) is 0 Å². The maximum atomic E-state index is 13.2. The van der Waals surface area contributed by atoms with Gasteiger partial charge in [0.25, 0.3) is 0 Å². The highest BCUT2D eigenvalue weighted by atomic mass is 32.2. The van der Waals surface area contributed by atoms with E-state index in [1.165, 1.54) is 22.9 Å². The van der Waals surface area contributed by atoms with Gasteiger partial charge in [-0.05, 0) is 42.7 Å². The Hall–Kier alpha value is -2.85. The number of rotatable bonds is 5. The third-order valence-electron chi connectivity index (χ3n) is 4.70. The maximum absolute atomic E-state index is 13.2. The zero-order valence-corrected chi connectivity index (χ0v) is 16.1. The van der Waals surface area contributed by atoms with E-state index in [1.54, 1.807) is 0 Å². The maximum Gasteiger partial charge on any atom is 0.180 e. The normalized spacial score (nSPS) is 12.2. The molecular weight excluding hydrogens is 352 g/mol. The van der Waals surface area contributed by atoms with E-state index in [0.29, 0.717) is 5.56 Å². The lowest BCUT2D eigenvalue weighted by molar-refractivity contribution is 0.0989. The highest BCUT2D eigenvalue weighted by molar-refractivity contribution is 8.00. The molecule has 134 valence electrons. The molecule has 4 aromatic rings. The lowest BCUT2D eigenvalue weighted by Gasteiger charge is -2.14. The predicted octanol–water partition coefficient (Wildman–Crippen LogP) is 5.90. The standard InChI is InChI=1S/C23H20N2OS/c1-15-13-19-20(14-16(15)2)25-23(24-19)27-22(18-11-7-4-8-12-18)21(26)17-9-5-3-6-10-17/h3-14,22H,1-2H3,(H,24,25)/t22-/m1/s1. The van der Waals surface area contributed by atoms with E-state index in [-0.39, 0.29) is 11.0 Å². The van der Waals surface area contributed by atoms with Crippen LogP contribution >= 0.6 is 11.8 Å². The van der Waals surface area contributed by atoms with Crippen LogP contribution in [0.25, 0.3) is 11.0 Å². The first-order chi connectivity index (χ1) is 13.1. The Morgan fingerprint density at radius 1 is 0.926 bits per heavy atom. The van der Waals surface area contributed by atoms with Crippen molar-refractivity contribution < 1.29 is 4.79 Å². The van der Waals surface area contributed by atoms with Crippen LogP contribution in [0.15, 0.2) is 78.0 Å². The van der Waals surface area contributed by atoms with Crippen molar-refractivity contribution in [1.29, 1.82) is 0 Å². The third-order valence-corrected chi connectivity index (χ3v) is 5.84. The Balaban J connectivity index is 1.72. The molecule has 3 nitrogen and oxygen atoms in total. The molecule has 1 aromatic heterocycles. The van der Waals surface area contributed by atoms with Crippen LogP contribution in [0.5, 0.6) is 0 Å². The average Bonchev–Trinajstić information content (AvgIpc) is 3.08. The molecule has 0 aliphatic heterocycles. The summed E-state index contributed by atoms with van der Waals surface area (Å²) in [6.07, 6.45) is 0. The monoisotopic (exact) mass is 372 g/mol. The number of hydrogen-bond donors (Lipinski definition) is 1. The Morgan fingerprint density at radius 3 is 2.26 bits per heavy atom. The Kier molecular flexibility index (Phi) is 4.82. The van der Waals surface area contributed by atoms with Crippen molar-refractivity contribution in [2.45, 2.75) is 24.3 Å². The van der Waals surface area contributed by atoms with Gasteiger partial charge in [0.05, 0.1) is 11.0 Å². The van der Waals surface area contributed by atoms with Crippen molar-refractivity contribution >= 4 is 28.6 Å². The number of aromatic nitrogens is 2. The molecule has 3 aromatic carbocycles. The van der Waals surface area contributed by atoms with Crippen LogP contribution in [0.3, 0.4) is 0 Å². The molecule has 27 heavy (non-hydrogen) atoms. The summed E-state index contributed by atoms with van der Waals surface area (Å²) in [5, 5.41) is 0.407. The quantitative estimate of drug-likeness (QED) is 0.351. The summed E-state index contributed by atoms with van der Waals surface area (Å²) in [4.78, 5) is 21.3. The van der Waals surface area contributed by atoms with Crippen molar-refractivity contribution in [3.8, 4) is 0 Å². The summed E-state index contributed by atoms with van der Waals surface area (Å²) < 4.78 is 0. The first kappa shape index (κ1) is 17.6. The number of H-pyrrole nitrogens is 1. The smallest absolute Gasteiger partial charge is 0.180 e. The zero-order valence-electron chi connectivity index (χ0n) is 15.3. The number of aromatic amines is 1. The average molecular weight is 372 g/mol. The second kappa shape index (κ2) is 7.41. The summed E-state index contributed by atoms with van der Waals surface area (Å²) in [5.41, 5.74) is 6.05. The van der Waals surface area contributed by atoms with Gasteiger partial charge in [-0.15, -0.1) is 0 Å². The predicted molar refractivity (Wildman–Crippen MR) is 111 cm³/mol. The summed E-state index contributed by atoms with van der Waals surface area (Å²) in [6, 6.07) is 23.5. The van der Waals surface area contributed by atoms with Gasteiger partial charge >= 0.3 is 0 Å². The van der Waals surface area contributed by atoms with Gasteiger partial charge in [-0.2, -0.15) is 0 Å². The number of nitrogens with one attached hydrogen (secondary N) is 1. The first-order valence-corrected chi connectivity index (χ1v) is 9.77. The minimum absolute atomic E-state index is 0.0830. The third kappa shape index (κ3) is 3.67. The molecule has 4 rings (SSSR count). The number of imidazole rings is 1. The number of aryl methyl sites for hydroxylation is 2. The Morgan fingerprint density at radius 2 is 1.56 bits per heavy atom. The fraction of sp³-hybridized carbons (Fsp3) is 0.130. The molecule has 0 aliphatic carbocycles. The number of fused-ring (bicyclic) bond motifs is 1. The van der Waals surface area contributed by atoms with E-state index in [2.05, 4.69) is 31.0 Å². The summed E-state index contributed by atoms with van der Waals surface area (Å²) in [7, 11) is 0. The summed E-state index contributed by atoms with van der Waals surface area (Å²) in [5.74, 6) is 0.0830. The van der Waals surface area contributed by atoms with Crippen LogP contribution in [-0.2, 0) is 0 Å². The molecule has 0 bridgehead atoms. The molecule has 0 fully saturated rings. The van der Waals surface area contributed by atoms with Gasteiger partial charge in [0.2, 0.25) is 0 Å². The van der Waals surface area contributed by atoms with Gasteiger partial charge in [-0.3, -0.25) is 4.79 Å². The Labute approximate surface area is 162 Å². The molecule has 1 heterocycles. The van der Waals surface area contributed by atoms with Crippen molar-refractivity contribution in [1.82, 2.24) is 9.97 Å². The van der Waals surface area contributed by atoms with Crippen LogP contribution in [0.2, 0.25) is 0 Å². The fourth-order valence-electron chi connectivity index (χ4n) is 3.07. The van der Waals surface area contributed by atoms with E-state index < -0.39 is 0 Å². The number of ketones is 1. The summed E-state index contributed by atoms with van der Waals surface area (Å²) in [6.45, 7) is 4.18. The van der Waals surface area contributed by atoms with Crippen LogP contribution in [0, 0.1) is 13.8 Å². The van der Waals surface area contributed by atoms with E-state index in [0.717, 1.165) is 21.8 Å². The van der Waals surface area contributed by atoms with Gasteiger partial charge in [0, 0.05) is 5.56 Å². The SMILES string of the molecule is Cc1cc2nc(S[C@@H](C(=O)c3ccccc3)c3ccccc3)[nH]c2cc1C. The van der Waals surface area contributed by atoms with Gasteiger partial charge in [-0.25, -0.2) is 4.98 Å². The summed E-state index contributed by atoms with van der Waals surface area (Å²) >= 11 is 1.47. The number of thioether (sulfide) groups is 1. The highest BCUT2D eigenvalue weighted by Gasteiger charge is 2.24. The van der Waals surface area contributed by atoms with Gasteiger partial charge in [-0.1, -0.05) is 72.4 Å². The van der Waals surface area contributed by atoms with E-state index in [1.807, 2.05) is 60.7 Å². The highest BCUT2D eigenvalue weighted by Crippen LogP contribution is 2.37. The van der Waals surface area contributed by atoms with Gasteiger partial charge < -0.3 is 4.98 Å². The van der Waals surface area contributed by atoms with E-state index >= 15 is 0 Å². The molecule has 0 unspecified atom stereocenters. The lowest BCUT2D eigenvalue weighted by Crippen LogP contribution is -2.10. The van der Waals surface area contributed by atoms with Crippen LogP contribution in [0.4, 0.5) is 0 Å².